The summed E-state index contributed by atoms with van der Waals surface area (Å²) < 4.78 is 34.6. The highest BCUT2D eigenvalue weighted by atomic mass is 19.1. The maximum atomic E-state index is 14.6. The first-order valence-corrected chi connectivity index (χ1v) is 8.28. The quantitative estimate of drug-likeness (QED) is 0.646. The van der Waals surface area contributed by atoms with Gasteiger partial charge in [-0.15, -0.1) is 0 Å². The number of likely N-dealkylation sites (N-methyl/N-ethyl adjacent to an activating group) is 1. The number of nitrogens with two attached hydrogens (primary N) is 1. The lowest BCUT2D eigenvalue weighted by Gasteiger charge is -2.33. The fraction of sp³-hybridized carbons (Fsp3) is 0.333. The van der Waals surface area contributed by atoms with Crippen LogP contribution in [0.4, 0.5) is 14.6 Å². The van der Waals surface area contributed by atoms with E-state index in [1.807, 2.05) is 7.05 Å². The van der Waals surface area contributed by atoms with Crippen molar-refractivity contribution in [3.8, 4) is 11.6 Å². The molecule has 1 aromatic carbocycles. The Labute approximate surface area is 150 Å². The molecule has 1 aliphatic rings. The van der Waals surface area contributed by atoms with Crippen molar-refractivity contribution >= 4 is 11.7 Å². The average Bonchev–Trinajstić information content (AvgIpc) is 2.63. The lowest BCUT2D eigenvalue weighted by atomic mass is 10.2. The number of aromatic nitrogens is 1. The van der Waals surface area contributed by atoms with Gasteiger partial charge in [-0.25, -0.2) is 8.78 Å². The van der Waals surface area contributed by atoms with Gasteiger partial charge in [-0.1, -0.05) is 12.1 Å². The number of benzene rings is 1. The molecule has 3 rings (SSSR count). The third-order valence-corrected chi connectivity index (χ3v) is 4.41. The van der Waals surface area contributed by atoms with E-state index >= 15 is 0 Å². The summed E-state index contributed by atoms with van der Waals surface area (Å²) in [6, 6.07) is 6.39. The summed E-state index contributed by atoms with van der Waals surface area (Å²) in [4.78, 5) is 8.03. The zero-order valence-corrected chi connectivity index (χ0v) is 14.7. The Kier molecular flexibility index (Phi) is 5.03. The second kappa shape index (κ2) is 7.25. The highest BCUT2D eigenvalue weighted by molar-refractivity contribution is 5.95. The maximum absolute atomic E-state index is 14.6. The fourth-order valence-corrected chi connectivity index (χ4v) is 2.75. The molecule has 1 aliphatic heterocycles. The molecule has 2 aromatic rings. The molecule has 0 aliphatic carbocycles. The number of rotatable bonds is 4. The fourth-order valence-electron chi connectivity index (χ4n) is 2.75. The lowest BCUT2D eigenvalue weighted by molar-refractivity contribution is 0.309. The number of piperazine rings is 1. The minimum Gasteiger partial charge on any atom is -0.436 e. The summed E-state index contributed by atoms with van der Waals surface area (Å²) in [7, 11) is 1.99. The SMILES string of the molecule is Cc1c(F)c(Oc2cccc(C(=N)N)c2)nc(N2CCN(C)CC2)c1F. The Morgan fingerprint density at radius 3 is 2.54 bits per heavy atom. The third-order valence-electron chi connectivity index (χ3n) is 4.41. The maximum Gasteiger partial charge on any atom is 0.258 e. The largest absolute Gasteiger partial charge is 0.436 e. The Balaban J connectivity index is 1.94. The number of halogens is 2. The van der Waals surface area contributed by atoms with Crippen molar-refractivity contribution in [2.75, 3.05) is 38.1 Å². The topological polar surface area (TPSA) is 78.5 Å². The van der Waals surface area contributed by atoms with Crippen LogP contribution in [-0.2, 0) is 0 Å². The minimum atomic E-state index is -0.839. The molecule has 8 heteroatoms. The van der Waals surface area contributed by atoms with Crippen molar-refractivity contribution in [3.63, 3.8) is 0 Å². The van der Waals surface area contributed by atoms with Gasteiger partial charge in [0, 0.05) is 37.3 Å². The lowest BCUT2D eigenvalue weighted by Crippen LogP contribution is -2.45. The number of hydrogen-bond acceptors (Lipinski definition) is 5. The first-order chi connectivity index (χ1) is 12.4. The van der Waals surface area contributed by atoms with Gasteiger partial charge in [0.1, 0.15) is 11.6 Å². The normalized spacial score (nSPS) is 15.2. The van der Waals surface area contributed by atoms with Crippen LogP contribution in [0.1, 0.15) is 11.1 Å². The molecule has 138 valence electrons. The summed E-state index contributed by atoms with van der Waals surface area (Å²) in [5, 5.41) is 7.47. The van der Waals surface area contributed by atoms with Gasteiger partial charge < -0.3 is 20.3 Å². The molecule has 0 bridgehead atoms. The average molecular weight is 361 g/mol. The number of amidine groups is 1. The summed E-state index contributed by atoms with van der Waals surface area (Å²) in [6.07, 6.45) is 0. The summed E-state index contributed by atoms with van der Waals surface area (Å²) >= 11 is 0. The van der Waals surface area contributed by atoms with Crippen LogP contribution in [0.15, 0.2) is 24.3 Å². The summed E-state index contributed by atoms with van der Waals surface area (Å²) in [5.41, 5.74) is 5.77. The summed E-state index contributed by atoms with van der Waals surface area (Å²) in [6.45, 7) is 4.11. The molecular weight excluding hydrogens is 340 g/mol. The number of nitrogen functional groups attached to an aromatic ring is 1. The van der Waals surface area contributed by atoms with Gasteiger partial charge in [0.05, 0.1) is 0 Å². The minimum absolute atomic E-state index is 0.0923. The third kappa shape index (κ3) is 3.60. The van der Waals surface area contributed by atoms with E-state index in [-0.39, 0.29) is 28.8 Å². The van der Waals surface area contributed by atoms with Crippen LogP contribution in [0.2, 0.25) is 0 Å². The molecule has 2 heterocycles. The van der Waals surface area contributed by atoms with Crippen molar-refractivity contribution in [1.29, 1.82) is 5.41 Å². The van der Waals surface area contributed by atoms with Gasteiger partial charge in [0.25, 0.3) is 5.88 Å². The van der Waals surface area contributed by atoms with E-state index in [0.717, 1.165) is 13.1 Å². The number of ether oxygens (including phenoxy) is 1. The van der Waals surface area contributed by atoms with Gasteiger partial charge in [-0.05, 0) is 26.1 Å². The van der Waals surface area contributed by atoms with Crippen LogP contribution in [0.3, 0.4) is 0 Å². The van der Waals surface area contributed by atoms with Crippen molar-refractivity contribution in [2.24, 2.45) is 5.73 Å². The van der Waals surface area contributed by atoms with Gasteiger partial charge in [0.15, 0.2) is 17.5 Å². The van der Waals surface area contributed by atoms with Crippen molar-refractivity contribution < 1.29 is 13.5 Å². The Morgan fingerprint density at radius 1 is 1.19 bits per heavy atom. The molecule has 1 aromatic heterocycles. The molecule has 0 unspecified atom stereocenters. The van der Waals surface area contributed by atoms with Crippen molar-refractivity contribution in [1.82, 2.24) is 9.88 Å². The molecule has 0 saturated carbocycles. The standard InChI is InChI=1S/C18H21F2N5O/c1-11-14(19)17(25-8-6-24(2)7-9-25)23-18(15(11)20)26-13-5-3-4-12(10-13)16(21)22/h3-5,10H,6-9H2,1-2H3,(H3,21,22). The number of nitrogens with one attached hydrogen (secondary N) is 1. The molecule has 0 atom stereocenters. The first kappa shape index (κ1) is 18.1. The van der Waals surface area contributed by atoms with Crippen LogP contribution in [0.5, 0.6) is 11.6 Å². The Hall–Kier alpha value is -2.74. The monoisotopic (exact) mass is 361 g/mol. The number of pyridine rings is 1. The summed E-state index contributed by atoms with van der Waals surface area (Å²) in [5.74, 6) is -1.56. The molecular formula is C18H21F2N5O. The highest BCUT2D eigenvalue weighted by Crippen LogP contribution is 2.31. The van der Waals surface area contributed by atoms with Crippen molar-refractivity contribution in [3.05, 3.63) is 47.0 Å². The second-order valence-corrected chi connectivity index (χ2v) is 6.33. The zero-order valence-electron chi connectivity index (χ0n) is 14.7. The van der Waals surface area contributed by atoms with Crippen molar-refractivity contribution in [2.45, 2.75) is 6.92 Å². The predicted molar refractivity (Wildman–Crippen MR) is 96.1 cm³/mol. The molecule has 6 nitrogen and oxygen atoms in total. The van der Waals surface area contributed by atoms with Crippen LogP contribution in [0, 0.1) is 24.0 Å². The van der Waals surface area contributed by atoms with E-state index in [1.54, 1.807) is 23.1 Å². The number of nitrogens with zero attached hydrogens (tertiary/aromatic N) is 3. The molecule has 0 spiro atoms. The number of hydrogen-bond donors (Lipinski definition) is 2. The van der Waals surface area contributed by atoms with Gasteiger partial charge in [0.2, 0.25) is 0 Å². The van der Waals surface area contributed by atoms with E-state index in [1.165, 1.54) is 13.0 Å². The Bertz CT molecular complexity index is 835. The van der Waals surface area contributed by atoms with E-state index in [0.29, 0.717) is 18.7 Å². The van der Waals surface area contributed by atoms with E-state index in [2.05, 4.69) is 9.88 Å². The molecule has 1 saturated heterocycles. The smallest absolute Gasteiger partial charge is 0.258 e. The van der Waals surface area contributed by atoms with Crippen LogP contribution < -0.4 is 15.4 Å². The predicted octanol–water partition coefficient (Wildman–Crippen LogP) is 2.50. The van der Waals surface area contributed by atoms with Gasteiger partial charge >= 0.3 is 0 Å². The van der Waals surface area contributed by atoms with Crippen LogP contribution in [0.25, 0.3) is 0 Å². The number of anilines is 1. The first-order valence-electron chi connectivity index (χ1n) is 8.28. The molecule has 0 radical (unpaired) electrons. The molecule has 3 N–H and O–H groups in total. The van der Waals surface area contributed by atoms with E-state index < -0.39 is 11.6 Å². The second-order valence-electron chi connectivity index (χ2n) is 6.33. The van der Waals surface area contributed by atoms with E-state index in [4.69, 9.17) is 15.9 Å². The van der Waals surface area contributed by atoms with Crippen LogP contribution in [-0.4, -0.2) is 48.9 Å². The van der Waals surface area contributed by atoms with Gasteiger partial charge in [-0.2, -0.15) is 4.98 Å². The van der Waals surface area contributed by atoms with Gasteiger partial charge in [-0.3, -0.25) is 5.41 Å². The van der Waals surface area contributed by atoms with Crippen LogP contribution >= 0.6 is 0 Å². The molecule has 1 fully saturated rings. The Morgan fingerprint density at radius 2 is 1.88 bits per heavy atom. The molecule has 26 heavy (non-hydrogen) atoms. The zero-order chi connectivity index (χ0) is 18.8. The highest BCUT2D eigenvalue weighted by Gasteiger charge is 2.25. The molecule has 0 amide bonds. The van der Waals surface area contributed by atoms with E-state index in [9.17, 15) is 8.78 Å².